The van der Waals surface area contributed by atoms with Gasteiger partial charge in [-0.15, -0.1) is 0 Å². The fourth-order valence-corrected chi connectivity index (χ4v) is 2.44. The number of nitrogens with one attached hydrogen (secondary N) is 1. The first-order valence-corrected chi connectivity index (χ1v) is 7.51. The van der Waals surface area contributed by atoms with Gasteiger partial charge in [-0.25, -0.2) is 4.79 Å². The zero-order valence-electron chi connectivity index (χ0n) is 13.4. The van der Waals surface area contributed by atoms with Crippen molar-refractivity contribution in [3.05, 3.63) is 23.8 Å². The third kappa shape index (κ3) is 3.76. The zero-order chi connectivity index (χ0) is 16.1. The average molecular weight is 305 g/mol. The van der Waals surface area contributed by atoms with Crippen molar-refractivity contribution in [2.75, 3.05) is 50.6 Å². The van der Waals surface area contributed by atoms with Crippen molar-refractivity contribution in [2.45, 2.75) is 13.3 Å². The number of rotatable bonds is 4. The van der Waals surface area contributed by atoms with Gasteiger partial charge in [0.1, 0.15) is 0 Å². The van der Waals surface area contributed by atoms with Gasteiger partial charge < -0.3 is 19.9 Å². The second-order valence-electron chi connectivity index (χ2n) is 5.42. The van der Waals surface area contributed by atoms with Gasteiger partial charge in [0.05, 0.1) is 24.0 Å². The number of nitrogens with zero attached hydrogens (tertiary/aromatic N) is 2. The van der Waals surface area contributed by atoms with E-state index in [-0.39, 0.29) is 5.91 Å². The van der Waals surface area contributed by atoms with Crippen LogP contribution in [0.3, 0.4) is 0 Å². The highest BCUT2D eigenvalue weighted by atomic mass is 16.5. The minimum absolute atomic E-state index is 0.0719. The lowest BCUT2D eigenvalue weighted by Crippen LogP contribution is -2.44. The number of likely N-dealkylation sites (N-methyl/N-ethyl adjacent to an activating group) is 1. The minimum Gasteiger partial charge on any atom is -0.465 e. The second-order valence-corrected chi connectivity index (χ2v) is 5.42. The van der Waals surface area contributed by atoms with Crippen LogP contribution in [-0.4, -0.2) is 57.1 Å². The van der Waals surface area contributed by atoms with Gasteiger partial charge in [0.2, 0.25) is 5.91 Å². The van der Waals surface area contributed by atoms with E-state index in [2.05, 4.69) is 22.2 Å². The number of carbonyl (C=O) groups is 2. The maximum absolute atomic E-state index is 11.8. The first-order chi connectivity index (χ1) is 10.5. The SMILES string of the molecule is CCC(=O)Nc1cc(C(=O)OC)ccc1N1CCN(C)CC1. The maximum Gasteiger partial charge on any atom is 0.337 e. The Morgan fingerprint density at radius 2 is 1.91 bits per heavy atom. The Morgan fingerprint density at radius 3 is 2.50 bits per heavy atom. The molecule has 1 N–H and O–H groups in total. The molecule has 1 saturated heterocycles. The molecule has 6 nitrogen and oxygen atoms in total. The van der Waals surface area contributed by atoms with Gasteiger partial charge in [-0.05, 0) is 25.2 Å². The number of esters is 1. The van der Waals surface area contributed by atoms with Crippen LogP contribution in [-0.2, 0) is 9.53 Å². The molecule has 0 unspecified atom stereocenters. The molecule has 1 aromatic rings. The molecule has 120 valence electrons. The molecule has 2 rings (SSSR count). The van der Waals surface area contributed by atoms with Crippen LogP contribution in [0.2, 0.25) is 0 Å². The van der Waals surface area contributed by atoms with Gasteiger partial charge in [-0.3, -0.25) is 4.79 Å². The number of carbonyl (C=O) groups excluding carboxylic acids is 2. The van der Waals surface area contributed by atoms with E-state index in [1.54, 1.807) is 19.1 Å². The molecule has 0 aliphatic carbocycles. The van der Waals surface area contributed by atoms with Gasteiger partial charge in [0.15, 0.2) is 0 Å². The maximum atomic E-state index is 11.8. The number of hydrogen-bond donors (Lipinski definition) is 1. The molecule has 1 amide bonds. The molecule has 0 radical (unpaired) electrons. The molecule has 0 aromatic heterocycles. The number of anilines is 2. The lowest BCUT2D eigenvalue weighted by molar-refractivity contribution is -0.115. The Bertz CT molecular complexity index is 552. The molecule has 1 aliphatic heterocycles. The van der Waals surface area contributed by atoms with Crippen molar-refractivity contribution in [1.82, 2.24) is 4.90 Å². The van der Waals surface area contributed by atoms with E-state index in [0.717, 1.165) is 31.9 Å². The summed E-state index contributed by atoms with van der Waals surface area (Å²) in [6, 6.07) is 5.30. The molecule has 0 spiro atoms. The molecule has 1 heterocycles. The van der Waals surface area contributed by atoms with E-state index >= 15 is 0 Å². The fourth-order valence-electron chi connectivity index (χ4n) is 2.44. The topological polar surface area (TPSA) is 61.9 Å². The predicted octanol–water partition coefficient (Wildman–Crippen LogP) is 1.57. The largest absolute Gasteiger partial charge is 0.465 e. The number of ether oxygens (including phenoxy) is 1. The van der Waals surface area contributed by atoms with Gasteiger partial charge in [-0.2, -0.15) is 0 Å². The van der Waals surface area contributed by atoms with Crippen LogP contribution in [0, 0.1) is 0 Å². The first kappa shape index (κ1) is 16.3. The third-order valence-corrected chi connectivity index (χ3v) is 3.86. The van der Waals surface area contributed by atoms with Crippen LogP contribution in [0.15, 0.2) is 18.2 Å². The number of amides is 1. The molecule has 0 saturated carbocycles. The van der Waals surface area contributed by atoms with Crippen molar-refractivity contribution in [3.8, 4) is 0 Å². The Labute approximate surface area is 131 Å². The van der Waals surface area contributed by atoms with E-state index in [1.807, 2.05) is 6.07 Å². The average Bonchev–Trinajstić information content (AvgIpc) is 2.54. The van der Waals surface area contributed by atoms with Gasteiger partial charge in [0, 0.05) is 32.6 Å². The standard InChI is InChI=1S/C16H23N3O3/c1-4-15(20)17-13-11-12(16(21)22-3)5-6-14(13)19-9-7-18(2)8-10-19/h5-6,11H,4,7-10H2,1-3H3,(H,17,20). The number of methoxy groups -OCH3 is 1. The van der Waals surface area contributed by atoms with Crippen molar-refractivity contribution >= 4 is 23.3 Å². The van der Waals surface area contributed by atoms with Gasteiger partial charge >= 0.3 is 5.97 Å². The van der Waals surface area contributed by atoms with Gasteiger partial charge in [0.25, 0.3) is 0 Å². The van der Waals surface area contributed by atoms with Crippen molar-refractivity contribution < 1.29 is 14.3 Å². The minimum atomic E-state index is -0.406. The smallest absolute Gasteiger partial charge is 0.337 e. The van der Waals surface area contributed by atoms with Crippen molar-refractivity contribution in [1.29, 1.82) is 0 Å². The fraction of sp³-hybridized carbons (Fsp3) is 0.500. The van der Waals surface area contributed by atoms with Crippen LogP contribution in [0.5, 0.6) is 0 Å². The second kappa shape index (κ2) is 7.26. The molecule has 0 atom stereocenters. The summed E-state index contributed by atoms with van der Waals surface area (Å²) in [5, 5.41) is 2.89. The van der Waals surface area contributed by atoms with Crippen molar-refractivity contribution in [2.24, 2.45) is 0 Å². The van der Waals surface area contributed by atoms with Crippen LogP contribution in [0.25, 0.3) is 0 Å². The summed E-state index contributed by atoms with van der Waals surface area (Å²) in [7, 11) is 3.44. The molecule has 6 heteroatoms. The molecular formula is C16H23N3O3. The Hall–Kier alpha value is -2.08. The highest BCUT2D eigenvalue weighted by Gasteiger charge is 2.19. The lowest BCUT2D eigenvalue weighted by Gasteiger charge is -2.35. The number of hydrogen-bond acceptors (Lipinski definition) is 5. The van der Waals surface area contributed by atoms with Crippen LogP contribution >= 0.6 is 0 Å². The summed E-state index contributed by atoms with van der Waals surface area (Å²) < 4.78 is 4.75. The first-order valence-electron chi connectivity index (χ1n) is 7.51. The third-order valence-electron chi connectivity index (χ3n) is 3.86. The molecular weight excluding hydrogens is 282 g/mol. The highest BCUT2D eigenvalue weighted by molar-refractivity contribution is 5.98. The summed E-state index contributed by atoms with van der Waals surface area (Å²) in [5.74, 6) is -0.477. The Morgan fingerprint density at radius 1 is 1.23 bits per heavy atom. The van der Waals surface area contributed by atoms with E-state index in [1.165, 1.54) is 7.11 Å². The summed E-state index contributed by atoms with van der Waals surface area (Å²) in [6.45, 7) is 5.53. The number of benzene rings is 1. The van der Waals surface area contributed by atoms with E-state index < -0.39 is 5.97 Å². The van der Waals surface area contributed by atoms with Crippen LogP contribution in [0.1, 0.15) is 23.7 Å². The molecule has 22 heavy (non-hydrogen) atoms. The summed E-state index contributed by atoms with van der Waals surface area (Å²) in [6.07, 6.45) is 0.393. The molecule has 1 aliphatic rings. The monoisotopic (exact) mass is 305 g/mol. The summed E-state index contributed by atoms with van der Waals surface area (Å²) in [4.78, 5) is 28.0. The van der Waals surface area contributed by atoms with Crippen LogP contribution < -0.4 is 10.2 Å². The van der Waals surface area contributed by atoms with E-state index in [0.29, 0.717) is 17.7 Å². The molecule has 1 aromatic carbocycles. The zero-order valence-corrected chi connectivity index (χ0v) is 13.4. The normalized spacial score (nSPS) is 15.5. The van der Waals surface area contributed by atoms with Crippen LogP contribution in [0.4, 0.5) is 11.4 Å². The quantitative estimate of drug-likeness (QED) is 0.856. The van der Waals surface area contributed by atoms with Gasteiger partial charge in [-0.1, -0.05) is 6.92 Å². The number of piperazine rings is 1. The Kier molecular flexibility index (Phi) is 5.38. The van der Waals surface area contributed by atoms with Crippen molar-refractivity contribution in [3.63, 3.8) is 0 Å². The molecule has 0 bridgehead atoms. The summed E-state index contributed by atoms with van der Waals surface area (Å²) >= 11 is 0. The highest BCUT2D eigenvalue weighted by Crippen LogP contribution is 2.28. The van der Waals surface area contributed by atoms with E-state index in [4.69, 9.17) is 4.74 Å². The van der Waals surface area contributed by atoms with E-state index in [9.17, 15) is 9.59 Å². The molecule has 1 fully saturated rings. The Balaban J connectivity index is 2.30. The summed E-state index contributed by atoms with van der Waals surface area (Å²) in [5.41, 5.74) is 2.05. The lowest BCUT2D eigenvalue weighted by atomic mass is 10.1. The predicted molar refractivity (Wildman–Crippen MR) is 86.4 cm³/mol.